The van der Waals surface area contributed by atoms with Gasteiger partial charge in [-0.2, -0.15) is 12.6 Å². The molecule has 0 spiro atoms. The van der Waals surface area contributed by atoms with Crippen molar-refractivity contribution in [2.24, 2.45) is 0 Å². The van der Waals surface area contributed by atoms with E-state index in [1.54, 1.807) is 0 Å². The summed E-state index contributed by atoms with van der Waals surface area (Å²) in [5, 5.41) is 3.88. The molecular weight excluding hydrogens is 262 g/mol. The van der Waals surface area contributed by atoms with Crippen LogP contribution in [-0.4, -0.2) is 45.3 Å². The Morgan fingerprint density at radius 1 is 1.50 bits per heavy atom. The van der Waals surface area contributed by atoms with Crippen LogP contribution in [0.5, 0.6) is 0 Å². The number of piperazine rings is 1. The van der Waals surface area contributed by atoms with Gasteiger partial charge in [-0.25, -0.2) is 4.98 Å². The highest BCUT2D eigenvalue weighted by Crippen LogP contribution is 2.35. The molecule has 0 amide bonds. The minimum atomic E-state index is 0.393. The molecule has 0 aliphatic carbocycles. The summed E-state index contributed by atoms with van der Waals surface area (Å²) in [7, 11) is 0. The topological polar surface area (TPSA) is 19.4 Å². The lowest BCUT2D eigenvalue weighted by Gasteiger charge is -2.57. The summed E-state index contributed by atoms with van der Waals surface area (Å²) < 4.78 is 0. The Labute approximate surface area is 119 Å². The van der Waals surface area contributed by atoms with Crippen LogP contribution >= 0.6 is 24.0 Å². The van der Waals surface area contributed by atoms with Gasteiger partial charge in [0.25, 0.3) is 0 Å². The molecule has 3 nitrogen and oxygen atoms in total. The summed E-state index contributed by atoms with van der Waals surface area (Å²) in [5.74, 6) is 0. The monoisotopic (exact) mass is 283 g/mol. The molecule has 1 aromatic heterocycles. The molecule has 1 aromatic rings. The molecule has 100 valence electrons. The first kappa shape index (κ1) is 12.9. The lowest BCUT2D eigenvalue weighted by molar-refractivity contribution is -0.0765. The van der Waals surface area contributed by atoms with Crippen molar-refractivity contribution in [2.45, 2.75) is 50.7 Å². The van der Waals surface area contributed by atoms with E-state index in [0.717, 1.165) is 25.0 Å². The van der Waals surface area contributed by atoms with Crippen LogP contribution in [0.1, 0.15) is 31.0 Å². The first-order valence-electron chi connectivity index (χ1n) is 6.78. The summed E-state index contributed by atoms with van der Waals surface area (Å²) in [5.41, 5.74) is 1.24. The minimum Gasteiger partial charge on any atom is -0.289 e. The van der Waals surface area contributed by atoms with Crippen LogP contribution in [0.4, 0.5) is 0 Å². The fourth-order valence-corrected chi connectivity index (χ4v) is 4.10. The molecule has 0 aromatic carbocycles. The highest BCUT2D eigenvalue weighted by molar-refractivity contribution is 7.80. The van der Waals surface area contributed by atoms with Gasteiger partial charge < -0.3 is 0 Å². The van der Waals surface area contributed by atoms with Gasteiger partial charge in [-0.1, -0.05) is 6.92 Å². The van der Waals surface area contributed by atoms with Gasteiger partial charge in [0.15, 0.2) is 0 Å². The summed E-state index contributed by atoms with van der Waals surface area (Å²) in [4.78, 5) is 9.79. The quantitative estimate of drug-likeness (QED) is 0.856. The highest BCUT2D eigenvalue weighted by Gasteiger charge is 2.45. The fraction of sp³-hybridized carbons (Fsp3) is 0.769. The molecule has 2 aliphatic heterocycles. The average molecular weight is 283 g/mol. The Kier molecular flexibility index (Phi) is 3.67. The number of aromatic nitrogens is 1. The number of thiazole rings is 1. The Balaban J connectivity index is 1.60. The van der Waals surface area contributed by atoms with E-state index in [1.807, 2.05) is 11.3 Å². The van der Waals surface area contributed by atoms with Gasteiger partial charge in [0, 0.05) is 30.6 Å². The highest BCUT2D eigenvalue weighted by atomic mass is 32.1. The molecule has 0 radical (unpaired) electrons. The molecule has 3 heterocycles. The van der Waals surface area contributed by atoms with Gasteiger partial charge in [-0.15, -0.1) is 11.3 Å². The van der Waals surface area contributed by atoms with Gasteiger partial charge in [0.2, 0.25) is 0 Å². The van der Waals surface area contributed by atoms with Crippen LogP contribution in [0.15, 0.2) is 5.38 Å². The number of fused-ring (bicyclic) bond motifs is 2. The van der Waals surface area contributed by atoms with E-state index in [1.165, 1.54) is 30.2 Å². The lowest BCUT2D eigenvalue weighted by Crippen LogP contribution is -2.68. The van der Waals surface area contributed by atoms with Crippen LogP contribution < -0.4 is 0 Å². The SMILES string of the molecule is CCc1csc(CN2C3CC2CN(C(C)S)C3)n1. The number of hydrogen-bond acceptors (Lipinski definition) is 5. The molecule has 2 fully saturated rings. The fourth-order valence-electron chi connectivity index (χ4n) is 3.02. The second-order valence-corrected chi connectivity index (χ2v) is 7.08. The van der Waals surface area contributed by atoms with E-state index in [9.17, 15) is 0 Å². The zero-order valence-electron chi connectivity index (χ0n) is 11.0. The van der Waals surface area contributed by atoms with E-state index in [-0.39, 0.29) is 0 Å². The van der Waals surface area contributed by atoms with Crippen molar-refractivity contribution in [2.75, 3.05) is 13.1 Å². The standard InChI is InChI=1S/C13H21N3S2/c1-3-10-8-18-13(14-10)7-16-11-4-12(16)6-15(5-11)9(2)17/h8-9,11-12,17H,3-7H2,1-2H3. The van der Waals surface area contributed by atoms with Crippen molar-refractivity contribution < 1.29 is 0 Å². The van der Waals surface area contributed by atoms with E-state index < -0.39 is 0 Å². The molecular formula is C13H21N3S2. The van der Waals surface area contributed by atoms with Crippen LogP contribution in [-0.2, 0) is 13.0 Å². The molecule has 2 bridgehead atoms. The number of thiol groups is 1. The normalized spacial score (nSPS) is 30.2. The van der Waals surface area contributed by atoms with Gasteiger partial charge in [-0.05, 0) is 19.8 Å². The van der Waals surface area contributed by atoms with Crippen molar-refractivity contribution in [3.05, 3.63) is 16.1 Å². The average Bonchev–Trinajstić information content (AvgIpc) is 2.83. The number of nitrogens with zero attached hydrogens (tertiary/aromatic N) is 3. The van der Waals surface area contributed by atoms with Crippen molar-refractivity contribution in [1.82, 2.24) is 14.8 Å². The van der Waals surface area contributed by atoms with Gasteiger partial charge in [-0.3, -0.25) is 9.80 Å². The van der Waals surface area contributed by atoms with Gasteiger partial charge >= 0.3 is 0 Å². The van der Waals surface area contributed by atoms with E-state index in [2.05, 4.69) is 46.6 Å². The molecule has 2 saturated heterocycles. The van der Waals surface area contributed by atoms with Crippen LogP contribution in [0, 0.1) is 0 Å². The largest absolute Gasteiger partial charge is 0.289 e. The number of rotatable bonds is 4. The third-order valence-corrected chi connectivity index (χ3v) is 5.39. The maximum absolute atomic E-state index is 4.68. The number of aryl methyl sites for hydroxylation is 1. The van der Waals surface area contributed by atoms with Crippen LogP contribution in [0.2, 0.25) is 0 Å². The Morgan fingerprint density at radius 2 is 2.22 bits per heavy atom. The van der Waals surface area contributed by atoms with Crippen LogP contribution in [0.25, 0.3) is 0 Å². The molecule has 3 unspecified atom stereocenters. The van der Waals surface area contributed by atoms with E-state index in [4.69, 9.17) is 0 Å². The van der Waals surface area contributed by atoms with E-state index >= 15 is 0 Å². The summed E-state index contributed by atoms with van der Waals surface area (Å²) >= 11 is 6.36. The smallest absolute Gasteiger partial charge is 0.107 e. The predicted octanol–water partition coefficient (Wildman–Crippen LogP) is 2.24. The van der Waals surface area contributed by atoms with Crippen molar-refractivity contribution >= 4 is 24.0 Å². The first-order valence-corrected chi connectivity index (χ1v) is 8.18. The Morgan fingerprint density at radius 3 is 2.78 bits per heavy atom. The zero-order chi connectivity index (χ0) is 12.7. The van der Waals surface area contributed by atoms with Gasteiger partial charge in [0.05, 0.1) is 17.6 Å². The predicted molar refractivity (Wildman–Crippen MR) is 79.2 cm³/mol. The molecule has 5 heteroatoms. The van der Waals surface area contributed by atoms with Crippen LogP contribution in [0.3, 0.4) is 0 Å². The van der Waals surface area contributed by atoms with E-state index in [0.29, 0.717) is 5.37 Å². The first-order chi connectivity index (χ1) is 8.67. The Hall–Kier alpha value is -0.100. The molecule has 3 atom stereocenters. The molecule has 18 heavy (non-hydrogen) atoms. The maximum Gasteiger partial charge on any atom is 0.107 e. The summed E-state index contributed by atoms with van der Waals surface area (Å²) in [6.07, 6.45) is 2.41. The third-order valence-electron chi connectivity index (χ3n) is 4.18. The van der Waals surface area contributed by atoms with Crippen molar-refractivity contribution in [3.63, 3.8) is 0 Å². The number of likely N-dealkylation sites (tertiary alicyclic amines) is 2. The third kappa shape index (κ3) is 2.33. The summed E-state index contributed by atoms with van der Waals surface area (Å²) in [6, 6.07) is 1.46. The molecule has 2 aliphatic rings. The molecule has 0 saturated carbocycles. The minimum absolute atomic E-state index is 0.393. The van der Waals surface area contributed by atoms with Gasteiger partial charge in [0.1, 0.15) is 5.01 Å². The molecule has 0 N–H and O–H groups in total. The summed E-state index contributed by atoms with van der Waals surface area (Å²) in [6.45, 7) is 7.74. The second-order valence-electron chi connectivity index (χ2n) is 5.39. The van der Waals surface area contributed by atoms with Crippen molar-refractivity contribution in [3.8, 4) is 0 Å². The number of piperidine rings is 1. The number of hydrogen-bond donors (Lipinski definition) is 1. The lowest BCUT2D eigenvalue weighted by atomic mass is 9.87. The zero-order valence-corrected chi connectivity index (χ0v) is 12.8. The maximum atomic E-state index is 4.68. The second kappa shape index (κ2) is 5.12. The van der Waals surface area contributed by atoms with Crippen molar-refractivity contribution in [1.29, 1.82) is 0 Å². The molecule has 3 rings (SSSR count). The Bertz CT molecular complexity index is 406.